The number of rotatable bonds is 2. The van der Waals surface area contributed by atoms with Crippen LogP contribution in [0.4, 0.5) is 0 Å². The van der Waals surface area contributed by atoms with Crippen LogP contribution in [0.25, 0.3) is 0 Å². The van der Waals surface area contributed by atoms with Gasteiger partial charge in [0, 0.05) is 4.88 Å². The number of fused-ring (bicyclic) bond motifs is 1. The summed E-state index contributed by atoms with van der Waals surface area (Å²) < 4.78 is 0. The minimum Gasteiger partial charge on any atom is -0.345 e. The standard InChI is InChI=1S/C15H20N2O2S/c1-9(2)14-15(19)16-8-13(18)17(14)11-4-3-5-12-10(11)6-7-20-12/h6-7,9,11,14H,3-5,8H2,1-2H3,(H,16,19). The Kier molecular flexibility index (Phi) is 3.54. The predicted molar refractivity (Wildman–Crippen MR) is 78.5 cm³/mol. The molecule has 20 heavy (non-hydrogen) atoms. The van der Waals surface area contributed by atoms with Crippen molar-refractivity contribution in [1.29, 1.82) is 0 Å². The Morgan fingerprint density at radius 2 is 2.20 bits per heavy atom. The fraction of sp³-hybridized carbons (Fsp3) is 0.600. The number of hydrogen-bond donors (Lipinski definition) is 1. The summed E-state index contributed by atoms with van der Waals surface area (Å²) >= 11 is 1.77. The molecule has 2 unspecified atom stereocenters. The molecular formula is C15H20N2O2S. The molecule has 1 aliphatic heterocycles. The summed E-state index contributed by atoms with van der Waals surface area (Å²) in [6.45, 7) is 4.15. The van der Waals surface area contributed by atoms with Gasteiger partial charge in [-0.25, -0.2) is 0 Å². The Labute approximate surface area is 123 Å². The predicted octanol–water partition coefficient (Wildman–Crippen LogP) is 2.11. The van der Waals surface area contributed by atoms with Gasteiger partial charge in [-0.2, -0.15) is 0 Å². The molecule has 2 heterocycles. The summed E-state index contributed by atoms with van der Waals surface area (Å²) in [6, 6.07) is 1.86. The average Bonchev–Trinajstić information content (AvgIpc) is 2.89. The lowest BCUT2D eigenvalue weighted by Gasteiger charge is -2.43. The summed E-state index contributed by atoms with van der Waals surface area (Å²) in [7, 11) is 0. The van der Waals surface area contributed by atoms with Gasteiger partial charge >= 0.3 is 0 Å². The second kappa shape index (κ2) is 5.20. The van der Waals surface area contributed by atoms with Crippen molar-refractivity contribution < 1.29 is 9.59 Å². The van der Waals surface area contributed by atoms with Gasteiger partial charge in [0.2, 0.25) is 11.8 Å². The maximum absolute atomic E-state index is 12.4. The number of hydrogen-bond acceptors (Lipinski definition) is 3. The Morgan fingerprint density at radius 3 is 2.95 bits per heavy atom. The van der Waals surface area contributed by atoms with Crippen molar-refractivity contribution in [3.05, 3.63) is 21.9 Å². The number of thiophene rings is 1. The minimum absolute atomic E-state index is 0.0121. The molecule has 3 rings (SSSR count). The molecule has 2 atom stereocenters. The average molecular weight is 292 g/mol. The van der Waals surface area contributed by atoms with E-state index in [1.54, 1.807) is 11.3 Å². The van der Waals surface area contributed by atoms with Crippen LogP contribution in [-0.2, 0) is 16.0 Å². The third-order valence-electron chi connectivity index (χ3n) is 4.26. The molecule has 2 amide bonds. The zero-order chi connectivity index (χ0) is 14.3. The second-order valence-corrected chi connectivity index (χ2v) is 6.92. The van der Waals surface area contributed by atoms with Crippen molar-refractivity contribution in [3.63, 3.8) is 0 Å². The first-order valence-electron chi connectivity index (χ1n) is 7.24. The van der Waals surface area contributed by atoms with Gasteiger partial charge in [0.05, 0.1) is 12.6 Å². The van der Waals surface area contributed by atoms with E-state index in [9.17, 15) is 9.59 Å². The fourth-order valence-corrected chi connectivity index (χ4v) is 4.36. The highest BCUT2D eigenvalue weighted by Gasteiger charge is 2.42. The van der Waals surface area contributed by atoms with E-state index in [0.717, 1.165) is 19.3 Å². The van der Waals surface area contributed by atoms with Crippen LogP contribution in [0, 0.1) is 5.92 Å². The van der Waals surface area contributed by atoms with Gasteiger partial charge in [0.25, 0.3) is 0 Å². The van der Waals surface area contributed by atoms with E-state index in [0.29, 0.717) is 0 Å². The van der Waals surface area contributed by atoms with Gasteiger partial charge in [-0.15, -0.1) is 11.3 Å². The van der Waals surface area contributed by atoms with Crippen LogP contribution in [0.2, 0.25) is 0 Å². The molecule has 1 aromatic rings. The Morgan fingerprint density at radius 1 is 1.40 bits per heavy atom. The van der Waals surface area contributed by atoms with Crippen LogP contribution in [0.1, 0.15) is 43.2 Å². The molecule has 4 nitrogen and oxygen atoms in total. The van der Waals surface area contributed by atoms with Gasteiger partial charge in [0.15, 0.2) is 0 Å². The van der Waals surface area contributed by atoms with E-state index in [4.69, 9.17) is 0 Å². The van der Waals surface area contributed by atoms with Crippen LogP contribution in [0.3, 0.4) is 0 Å². The van der Waals surface area contributed by atoms with E-state index < -0.39 is 0 Å². The fourth-order valence-electron chi connectivity index (χ4n) is 3.38. The number of amides is 2. The molecule has 5 heteroatoms. The minimum atomic E-state index is -0.341. The largest absolute Gasteiger partial charge is 0.345 e. The van der Waals surface area contributed by atoms with Gasteiger partial charge < -0.3 is 10.2 Å². The first kappa shape index (κ1) is 13.6. The molecular weight excluding hydrogens is 272 g/mol. The van der Waals surface area contributed by atoms with Gasteiger partial charge in [0.1, 0.15) is 6.04 Å². The monoisotopic (exact) mass is 292 g/mol. The maximum Gasteiger partial charge on any atom is 0.243 e. The van der Waals surface area contributed by atoms with Gasteiger partial charge in [-0.05, 0) is 42.2 Å². The van der Waals surface area contributed by atoms with E-state index in [-0.39, 0.29) is 36.4 Å². The highest BCUT2D eigenvalue weighted by Crippen LogP contribution is 2.39. The van der Waals surface area contributed by atoms with Crippen LogP contribution in [0.5, 0.6) is 0 Å². The molecule has 1 N–H and O–H groups in total. The molecule has 0 saturated carbocycles. The third kappa shape index (κ3) is 2.14. The number of carbonyl (C=O) groups excluding carboxylic acids is 2. The third-order valence-corrected chi connectivity index (χ3v) is 5.25. The highest BCUT2D eigenvalue weighted by atomic mass is 32.1. The molecule has 1 aromatic heterocycles. The van der Waals surface area contributed by atoms with E-state index in [2.05, 4.69) is 16.8 Å². The van der Waals surface area contributed by atoms with Gasteiger partial charge in [-0.3, -0.25) is 9.59 Å². The summed E-state index contributed by atoms with van der Waals surface area (Å²) in [4.78, 5) is 27.8. The lowest BCUT2D eigenvalue weighted by molar-refractivity contribution is -0.150. The molecule has 2 aliphatic rings. The topological polar surface area (TPSA) is 49.4 Å². The summed E-state index contributed by atoms with van der Waals surface area (Å²) in [5.41, 5.74) is 1.26. The van der Waals surface area contributed by atoms with E-state index in [1.165, 1.54) is 10.4 Å². The summed E-state index contributed by atoms with van der Waals surface area (Å²) in [5.74, 6) is 0.164. The van der Waals surface area contributed by atoms with Crippen LogP contribution >= 0.6 is 11.3 Å². The number of nitrogens with zero attached hydrogens (tertiary/aromatic N) is 1. The van der Waals surface area contributed by atoms with Crippen molar-refractivity contribution in [1.82, 2.24) is 10.2 Å². The number of piperazine rings is 1. The van der Waals surface area contributed by atoms with Crippen molar-refractivity contribution in [2.45, 2.75) is 45.2 Å². The maximum atomic E-state index is 12.4. The molecule has 108 valence electrons. The highest BCUT2D eigenvalue weighted by molar-refractivity contribution is 7.10. The molecule has 1 fully saturated rings. The molecule has 1 saturated heterocycles. The van der Waals surface area contributed by atoms with Crippen LogP contribution < -0.4 is 5.32 Å². The quantitative estimate of drug-likeness (QED) is 0.907. The smallest absolute Gasteiger partial charge is 0.243 e. The van der Waals surface area contributed by atoms with E-state index >= 15 is 0 Å². The summed E-state index contributed by atoms with van der Waals surface area (Å²) in [6.07, 6.45) is 3.16. The SMILES string of the molecule is CC(C)C1C(=O)NCC(=O)N1C1CCCc2sccc21. The number of nitrogens with one attached hydrogen (secondary N) is 1. The molecule has 0 aromatic carbocycles. The first-order valence-corrected chi connectivity index (χ1v) is 8.12. The molecule has 1 aliphatic carbocycles. The van der Waals surface area contributed by atoms with Gasteiger partial charge in [-0.1, -0.05) is 13.8 Å². The Hall–Kier alpha value is -1.36. The molecule has 0 radical (unpaired) electrons. The lowest BCUT2D eigenvalue weighted by Crippen LogP contribution is -2.61. The molecule has 0 bridgehead atoms. The second-order valence-electron chi connectivity index (χ2n) is 5.91. The van der Waals surface area contributed by atoms with Crippen molar-refractivity contribution in [2.24, 2.45) is 5.92 Å². The first-order chi connectivity index (χ1) is 9.59. The Balaban J connectivity index is 1.98. The van der Waals surface area contributed by atoms with Crippen LogP contribution in [0.15, 0.2) is 11.4 Å². The number of aryl methyl sites for hydroxylation is 1. The van der Waals surface area contributed by atoms with E-state index in [1.807, 2.05) is 18.7 Å². The number of carbonyl (C=O) groups is 2. The van der Waals surface area contributed by atoms with Crippen molar-refractivity contribution in [2.75, 3.05) is 6.54 Å². The zero-order valence-corrected chi connectivity index (χ0v) is 12.7. The van der Waals surface area contributed by atoms with Crippen molar-refractivity contribution >= 4 is 23.2 Å². The Bertz CT molecular complexity index is 538. The lowest BCUT2D eigenvalue weighted by atomic mass is 9.88. The summed E-state index contributed by atoms with van der Waals surface area (Å²) in [5, 5.41) is 4.82. The van der Waals surface area contributed by atoms with Crippen LogP contribution in [-0.4, -0.2) is 29.3 Å². The zero-order valence-electron chi connectivity index (χ0n) is 11.9. The van der Waals surface area contributed by atoms with Crippen molar-refractivity contribution in [3.8, 4) is 0 Å². The normalized spacial score (nSPS) is 26.6. The molecule has 0 spiro atoms.